The number of hydrazone groups is 1. The lowest BCUT2D eigenvalue weighted by atomic mass is 10.2. The molecule has 5 heteroatoms. The standard InChI is InChI=1S/C23H18N2O3/c26-23(22-14-18-10-4-7-13-21(18)28-22)25-24-15-19-11-5-6-12-20(19)27-16-17-8-2-1-3-9-17/h1-15H,16H2,(H,25,26)/b24-15+. The van der Waals surface area contributed by atoms with E-state index in [4.69, 9.17) is 9.15 Å². The van der Waals surface area contributed by atoms with Crippen molar-refractivity contribution >= 4 is 23.1 Å². The third-order valence-electron chi connectivity index (χ3n) is 4.18. The van der Waals surface area contributed by atoms with E-state index in [2.05, 4.69) is 10.5 Å². The zero-order valence-corrected chi connectivity index (χ0v) is 15.0. The molecule has 0 aliphatic heterocycles. The summed E-state index contributed by atoms with van der Waals surface area (Å²) in [5.41, 5.74) is 5.00. The second-order valence-corrected chi connectivity index (χ2v) is 6.16. The highest BCUT2D eigenvalue weighted by Crippen LogP contribution is 2.19. The Balaban J connectivity index is 1.42. The first-order chi connectivity index (χ1) is 13.8. The maximum absolute atomic E-state index is 12.3. The Labute approximate surface area is 162 Å². The van der Waals surface area contributed by atoms with Gasteiger partial charge in [-0.3, -0.25) is 4.79 Å². The van der Waals surface area contributed by atoms with Gasteiger partial charge < -0.3 is 9.15 Å². The fourth-order valence-electron chi connectivity index (χ4n) is 2.76. The van der Waals surface area contributed by atoms with Gasteiger partial charge in [-0.25, -0.2) is 5.43 Å². The highest BCUT2D eigenvalue weighted by Gasteiger charge is 2.11. The molecular weight excluding hydrogens is 352 g/mol. The van der Waals surface area contributed by atoms with E-state index < -0.39 is 5.91 Å². The Hall–Kier alpha value is -3.86. The molecule has 1 aromatic heterocycles. The van der Waals surface area contributed by atoms with Crippen LogP contribution in [0.15, 0.2) is 94.4 Å². The molecule has 4 aromatic rings. The molecule has 0 fully saturated rings. The highest BCUT2D eigenvalue weighted by atomic mass is 16.5. The van der Waals surface area contributed by atoms with Crippen molar-refractivity contribution in [1.82, 2.24) is 5.43 Å². The summed E-state index contributed by atoms with van der Waals surface area (Å²) in [6, 6.07) is 26.6. The van der Waals surface area contributed by atoms with Gasteiger partial charge in [0.05, 0.1) is 6.21 Å². The van der Waals surface area contributed by atoms with Crippen LogP contribution in [0.5, 0.6) is 5.75 Å². The monoisotopic (exact) mass is 370 g/mol. The Morgan fingerprint density at radius 3 is 2.57 bits per heavy atom. The number of carbonyl (C=O) groups excluding carboxylic acids is 1. The molecule has 0 atom stereocenters. The number of hydrogen-bond donors (Lipinski definition) is 1. The largest absolute Gasteiger partial charge is 0.488 e. The van der Waals surface area contributed by atoms with Gasteiger partial charge in [0.1, 0.15) is 17.9 Å². The number of nitrogens with one attached hydrogen (secondary N) is 1. The van der Waals surface area contributed by atoms with E-state index >= 15 is 0 Å². The number of furan rings is 1. The summed E-state index contributed by atoms with van der Waals surface area (Å²) in [4.78, 5) is 12.3. The number of ether oxygens (including phenoxy) is 1. The number of nitrogens with zero attached hydrogens (tertiary/aromatic N) is 1. The van der Waals surface area contributed by atoms with Crippen molar-refractivity contribution in [2.45, 2.75) is 6.61 Å². The van der Waals surface area contributed by atoms with Crippen LogP contribution < -0.4 is 10.2 Å². The third kappa shape index (κ3) is 4.10. The molecule has 1 heterocycles. The van der Waals surface area contributed by atoms with Crippen molar-refractivity contribution in [3.05, 3.63) is 102 Å². The molecule has 1 N–H and O–H groups in total. The van der Waals surface area contributed by atoms with Crippen LogP contribution in [-0.2, 0) is 6.61 Å². The summed E-state index contributed by atoms with van der Waals surface area (Å²) in [5, 5.41) is 4.91. The van der Waals surface area contributed by atoms with Crippen LogP contribution >= 0.6 is 0 Å². The molecule has 0 unspecified atom stereocenters. The molecule has 28 heavy (non-hydrogen) atoms. The van der Waals surface area contributed by atoms with Crippen LogP contribution in [0.1, 0.15) is 21.7 Å². The van der Waals surface area contributed by atoms with E-state index in [0.717, 1.165) is 16.5 Å². The van der Waals surface area contributed by atoms with Gasteiger partial charge in [0, 0.05) is 10.9 Å². The van der Waals surface area contributed by atoms with Crippen molar-refractivity contribution in [3.63, 3.8) is 0 Å². The van der Waals surface area contributed by atoms with Crippen molar-refractivity contribution in [2.24, 2.45) is 5.10 Å². The SMILES string of the molecule is O=C(N/N=C/c1ccccc1OCc1ccccc1)c1cc2ccccc2o1. The van der Waals surface area contributed by atoms with Crippen LogP contribution in [-0.4, -0.2) is 12.1 Å². The van der Waals surface area contributed by atoms with E-state index in [1.807, 2.05) is 78.9 Å². The molecule has 0 aliphatic carbocycles. The Morgan fingerprint density at radius 1 is 0.964 bits per heavy atom. The van der Waals surface area contributed by atoms with Gasteiger partial charge in [-0.05, 0) is 29.8 Å². The predicted molar refractivity (Wildman–Crippen MR) is 108 cm³/mol. The first kappa shape index (κ1) is 17.5. The predicted octanol–water partition coefficient (Wildman–Crippen LogP) is 4.78. The summed E-state index contributed by atoms with van der Waals surface area (Å²) < 4.78 is 11.4. The molecule has 0 bridgehead atoms. The van der Waals surface area contributed by atoms with E-state index in [1.54, 1.807) is 12.3 Å². The zero-order valence-electron chi connectivity index (χ0n) is 15.0. The lowest BCUT2D eigenvalue weighted by Gasteiger charge is -2.08. The van der Waals surface area contributed by atoms with Crippen LogP contribution in [0, 0.1) is 0 Å². The minimum absolute atomic E-state index is 0.215. The minimum atomic E-state index is -0.407. The van der Waals surface area contributed by atoms with E-state index in [-0.39, 0.29) is 5.76 Å². The van der Waals surface area contributed by atoms with Gasteiger partial charge in [0.15, 0.2) is 5.76 Å². The van der Waals surface area contributed by atoms with Crippen LogP contribution in [0.4, 0.5) is 0 Å². The minimum Gasteiger partial charge on any atom is -0.488 e. The van der Waals surface area contributed by atoms with Crippen molar-refractivity contribution in [1.29, 1.82) is 0 Å². The van der Waals surface area contributed by atoms with Gasteiger partial charge in [-0.2, -0.15) is 5.10 Å². The van der Waals surface area contributed by atoms with Gasteiger partial charge in [0.2, 0.25) is 0 Å². The number of carbonyl (C=O) groups is 1. The molecule has 4 rings (SSSR count). The van der Waals surface area contributed by atoms with E-state index in [1.165, 1.54) is 0 Å². The molecule has 0 saturated carbocycles. The number of rotatable bonds is 6. The Bertz CT molecular complexity index is 1080. The second-order valence-electron chi connectivity index (χ2n) is 6.16. The molecular formula is C23H18N2O3. The van der Waals surface area contributed by atoms with E-state index in [0.29, 0.717) is 17.9 Å². The molecule has 0 saturated heterocycles. The number of hydrogen-bond acceptors (Lipinski definition) is 4. The topological polar surface area (TPSA) is 63.8 Å². The van der Waals surface area contributed by atoms with Crippen molar-refractivity contribution in [2.75, 3.05) is 0 Å². The van der Waals surface area contributed by atoms with E-state index in [9.17, 15) is 4.79 Å². The molecule has 0 aliphatic rings. The summed E-state index contributed by atoms with van der Waals surface area (Å²) in [7, 11) is 0. The summed E-state index contributed by atoms with van der Waals surface area (Å²) >= 11 is 0. The zero-order chi connectivity index (χ0) is 19.2. The maximum atomic E-state index is 12.3. The molecule has 0 radical (unpaired) electrons. The van der Waals surface area contributed by atoms with Gasteiger partial charge in [-0.15, -0.1) is 0 Å². The molecule has 5 nitrogen and oxygen atoms in total. The molecule has 1 amide bonds. The average Bonchev–Trinajstić information content (AvgIpc) is 3.18. The molecule has 0 spiro atoms. The number of amides is 1. The fourth-order valence-corrected chi connectivity index (χ4v) is 2.76. The lowest BCUT2D eigenvalue weighted by Crippen LogP contribution is -2.16. The molecule has 3 aromatic carbocycles. The third-order valence-corrected chi connectivity index (χ3v) is 4.18. The van der Waals surface area contributed by atoms with Gasteiger partial charge >= 0.3 is 5.91 Å². The van der Waals surface area contributed by atoms with Gasteiger partial charge in [0.25, 0.3) is 0 Å². The Kier molecular flexibility index (Phi) is 5.15. The summed E-state index contributed by atoms with van der Waals surface area (Å²) in [5.74, 6) is 0.496. The smallest absolute Gasteiger partial charge is 0.307 e. The number of fused-ring (bicyclic) bond motifs is 1. The van der Waals surface area contributed by atoms with Crippen molar-refractivity contribution < 1.29 is 13.9 Å². The first-order valence-corrected chi connectivity index (χ1v) is 8.87. The normalized spacial score (nSPS) is 11.0. The van der Waals surface area contributed by atoms with Crippen LogP contribution in [0.2, 0.25) is 0 Å². The molecule has 138 valence electrons. The second kappa shape index (κ2) is 8.22. The summed E-state index contributed by atoms with van der Waals surface area (Å²) in [6.45, 7) is 0.455. The Morgan fingerprint density at radius 2 is 1.71 bits per heavy atom. The quantitative estimate of drug-likeness (QED) is 0.393. The van der Waals surface area contributed by atoms with Crippen molar-refractivity contribution in [3.8, 4) is 5.75 Å². The number of benzene rings is 3. The highest BCUT2D eigenvalue weighted by molar-refractivity contribution is 5.96. The maximum Gasteiger partial charge on any atom is 0.307 e. The lowest BCUT2D eigenvalue weighted by molar-refractivity contribution is 0.0929. The van der Waals surface area contributed by atoms with Crippen LogP contribution in [0.3, 0.4) is 0 Å². The fraction of sp³-hybridized carbons (Fsp3) is 0.0435. The average molecular weight is 370 g/mol. The van der Waals surface area contributed by atoms with Gasteiger partial charge in [-0.1, -0.05) is 60.7 Å². The van der Waals surface area contributed by atoms with Crippen LogP contribution in [0.25, 0.3) is 11.0 Å². The summed E-state index contributed by atoms with van der Waals surface area (Å²) in [6.07, 6.45) is 1.56. The first-order valence-electron chi connectivity index (χ1n) is 8.87. The number of para-hydroxylation sites is 2.